The molecule has 2 saturated heterocycles. The number of aliphatic hydroxyl groups is 1. The highest BCUT2D eigenvalue weighted by Crippen LogP contribution is 2.50. The third-order valence-corrected chi connectivity index (χ3v) is 11.1. The molecule has 0 spiro atoms. The Morgan fingerprint density at radius 3 is 2.54 bits per heavy atom. The SMILES string of the molecule is [N-]=[N+]=Nc1ccccc1COC(=O)CCCC[C@H](N)C(=O)O[C@H]1[C@@H](O)[C@H](n2cnc3c(N)ncnc32)O[C@@H]1COP(=O)(O)O[C@H]1C[C@H](n2ccc(N)nc2=O)O[C@@H]1COP(=O)(O)O. The van der Waals surface area contributed by atoms with Crippen molar-refractivity contribution in [3.8, 4) is 0 Å². The predicted octanol–water partition coefficient (Wildman–Crippen LogP) is 0.890. The summed E-state index contributed by atoms with van der Waals surface area (Å²) in [6.45, 7) is -1.86. The van der Waals surface area contributed by atoms with E-state index in [4.69, 9.17) is 50.7 Å². The van der Waals surface area contributed by atoms with E-state index in [1.54, 1.807) is 24.3 Å². The fourth-order valence-corrected chi connectivity index (χ4v) is 7.89. The first-order chi connectivity index (χ1) is 29.9. The van der Waals surface area contributed by atoms with Crippen LogP contribution in [0.25, 0.3) is 21.6 Å². The van der Waals surface area contributed by atoms with Gasteiger partial charge in [0.2, 0.25) is 0 Å². The third kappa shape index (κ3) is 12.2. The number of benzene rings is 1. The molecular weight excluding hydrogens is 882 g/mol. The van der Waals surface area contributed by atoms with Gasteiger partial charge in [-0.15, -0.1) is 0 Å². The maximum Gasteiger partial charge on any atom is 0.472 e. The number of esters is 2. The number of unbranched alkanes of at least 4 members (excludes halogenated alkanes) is 1. The van der Waals surface area contributed by atoms with Gasteiger partial charge in [-0.1, -0.05) is 35.8 Å². The smallest absolute Gasteiger partial charge is 0.461 e. The highest BCUT2D eigenvalue weighted by atomic mass is 31.2. The number of phosphoric acid groups is 2. The van der Waals surface area contributed by atoms with Crippen LogP contribution in [0.5, 0.6) is 0 Å². The molecule has 1 aromatic carbocycles. The Bertz CT molecular complexity index is 2480. The van der Waals surface area contributed by atoms with Crippen molar-refractivity contribution in [2.75, 3.05) is 24.7 Å². The summed E-state index contributed by atoms with van der Waals surface area (Å²) in [6.07, 6.45) is -6.60. The van der Waals surface area contributed by atoms with Crippen LogP contribution in [0.3, 0.4) is 0 Å². The molecule has 63 heavy (non-hydrogen) atoms. The van der Waals surface area contributed by atoms with Crippen molar-refractivity contribution < 1.29 is 71.0 Å². The average molecular weight is 925 g/mol. The molecule has 2 aliphatic rings. The summed E-state index contributed by atoms with van der Waals surface area (Å²) in [6, 6.07) is 6.57. The molecule has 1 unspecified atom stereocenters. The number of carbonyl (C=O) groups is 2. The van der Waals surface area contributed by atoms with Gasteiger partial charge in [0.25, 0.3) is 0 Å². The maximum absolute atomic E-state index is 13.4. The predicted molar refractivity (Wildman–Crippen MR) is 211 cm³/mol. The lowest BCUT2D eigenvalue weighted by Crippen LogP contribution is -2.43. The van der Waals surface area contributed by atoms with Crippen molar-refractivity contribution in [2.45, 2.75) is 87.7 Å². The first-order valence-electron chi connectivity index (χ1n) is 18.8. The van der Waals surface area contributed by atoms with Gasteiger partial charge >= 0.3 is 33.3 Å². The minimum Gasteiger partial charge on any atom is -0.461 e. The molecule has 5 heterocycles. The van der Waals surface area contributed by atoms with E-state index in [1.807, 2.05) is 0 Å². The fraction of sp³-hybridized carbons (Fsp3) is 0.485. The van der Waals surface area contributed by atoms with Crippen LogP contribution in [-0.4, -0.2) is 111 Å². The number of hydrogen-bond acceptors (Lipinski definition) is 21. The summed E-state index contributed by atoms with van der Waals surface area (Å²) in [7, 11) is -10.3. The number of hydrogen-bond donors (Lipinski definition) is 7. The molecular formula is C33H42N12O16P2. The molecule has 2 fully saturated rings. The molecule has 9 atom stereocenters. The summed E-state index contributed by atoms with van der Waals surface area (Å²) in [4.78, 5) is 86.1. The number of carbonyl (C=O) groups excluding carboxylic acids is 2. The van der Waals surface area contributed by atoms with Gasteiger partial charge in [-0.25, -0.2) is 28.9 Å². The molecule has 0 radical (unpaired) electrons. The number of nitrogen functional groups attached to an aromatic ring is 2. The van der Waals surface area contributed by atoms with Crippen molar-refractivity contribution >= 4 is 56.1 Å². The molecule has 28 nitrogen and oxygen atoms in total. The highest BCUT2D eigenvalue weighted by Gasteiger charge is 2.50. The van der Waals surface area contributed by atoms with Crippen molar-refractivity contribution in [2.24, 2.45) is 10.8 Å². The van der Waals surface area contributed by atoms with Gasteiger partial charge < -0.3 is 55.9 Å². The quantitative estimate of drug-likeness (QED) is 0.0162. The van der Waals surface area contributed by atoms with Crippen LogP contribution in [-0.2, 0) is 57.8 Å². The van der Waals surface area contributed by atoms with E-state index < -0.39 is 95.5 Å². The second kappa shape index (κ2) is 20.4. The number of phosphoric ester groups is 2. The molecule has 0 bridgehead atoms. The van der Waals surface area contributed by atoms with E-state index in [2.05, 4.69) is 34.5 Å². The molecule has 340 valence electrons. The number of nitrogens with two attached hydrogens (primary N) is 3. The zero-order valence-corrected chi connectivity index (χ0v) is 34.5. The molecule has 0 saturated carbocycles. The zero-order valence-electron chi connectivity index (χ0n) is 32.7. The highest BCUT2D eigenvalue weighted by molar-refractivity contribution is 7.47. The molecule has 3 aromatic heterocycles. The number of aliphatic hydroxyl groups excluding tert-OH is 1. The zero-order chi connectivity index (χ0) is 45.5. The van der Waals surface area contributed by atoms with E-state index in [-0.39, 0.29) is 61.5 Å². The topological polar surface area (TPSA) is 419 Å². The van der Waals surface area contributed by atoms with Crippen LogP contribution < -0.4 is 22.9 Å². The number of fused-ring (bicyclic) bond motifs is 1. The third-order valence-electron chi connectivity index (χ3n) is 9.62. The molecule has 30 heteroatoms. The van der Waals surface area contributed by atoms with Gasteiger partial charge in [0.05, 0.1) is 19.5 Å². The standard InChI is InChI=1S/C33H42N12O16P2/c34-18(6-2-4-8-25(46)55-12-17-5-1-3-7-19(17)42-43-37)32(48)60-28-22(59-31(27(28)47)45-16-40-26-29(36)38-15-39-30(26)45)14-57-63(53,54)61-20-11-24(44-10-9-23(35)41-33(44)49)58-21(20)13-56-62(50,51)52/h1,3,5,7,9-10,15-16,18,20-22,24,27-28,31,47H,2,4,6,8,11-14,34H2,(H,53,54)(H2,35,41,49)(H2,36,38,39)(H2,50,51,52)/t18-,20-,21+,22+,24+,27+,28+,31+/m0/s1. The summed E-state index contributed by atoms with van der Waals surface area (Å²) in [5, 5.41) is 15.1. The number of azide groups is 1. The van der Waals surface area contributed by atoms with Crippen molar-refractivity contribution in [1.82, 2.24) is 29.1 Å². The number of imidazole rings is 1. The second-order valence-corrected chi connectivity index (χ2v) is 16.6. The van der Waals surface area contributed by atoms with Gasteiger partial charge in [-0.2, -0.15) is 4.98 Å². The van der Waals surface area contributed by atoms with Gasteiger partial charge in [0.1, 0.15) is 61.0 Å². The van der Waals surface area contributed by atoms with Gasteiger partial charge in [-0.3, -0.25) is 32.3 Å². The first kappa shape index (κ1) is 47.0. The monoisotopic (exact) mass is 924 g/mol. The Kier molecular flexibility index (Phi) is 15.2. The molecule has 0 amide bonds. The molecule has 6 rings (SSSR count). The Labute approximate surface area is 354 Å². The molecule has 10 N–H and O–H groups in total. The van der Waals surface area contributed by atoms with Crippen LogP contribution in [0.2, 0.25) is 0 Å². The van der Waals surface area contributed by atoms with Crippen LogP contribution in [0.1, 0.15) is 50.1 Å². The van der Waals surface area contributed by atoms with E-state index in [0.717, 1.165) is 10.9 Å². The Hall–Kier alpha value is -5.44. The lowest BCUT2D eigenvalue weighted by molar-refractivity contribution is -0.158. The molecule has 4 aromatic rings. The maximum atomic E-state index is 13.4. The lowest BCUT2D eigenvalue weighted by Gasteiger charge is -2.24. The molecule has 0 aliphatic carbocycles. The van der Waals surface area contributed by atoms with E-state index in [0.29, 0.717) is 11.3 Å². The number of ether oxygens (including phenoxy) is 4. The second-order valence-electron chi connectivity index (χ2n) is 14.0. The summed E-state index contributed by atoms with van der Waals surface area (Å²) in [5.41, 5.74) is 26.6. The van der Waals surface area contributed by atoms with Gasteiger partial charge in [0.15, 0.2) is 23.8 Å². The van der Waals surface area contributed by atoms with Crippen LogP contribution >= 0.6 is 15.6 Å². The van der Waals surface area contributed by atoms with E-state index in [1.165, 1.54) is 23.2 Å². The lowest BCUT2D eigenvalue weighted by atomic mass is 10.1. The van der Waals surface area contributed by atoms with Crippen molar-refractivity contribution in [3.05, 3.63) is 75.7 Å². The fourth-order valence-electron chi connectivity index (χ4n) is 6.58. The van der Waals surface area contributed by atoms with Gasteiger partial charge in [0, 0.05) is 29.6 Å². The first-order valence-corrected chi connectivity index (χ1v) is 21.8. The van der Waals surface area contributed by atoms with Crippen LogP contribution in [0.15, 0.2) is 59.1 Å². The van der Waals surface area contributed by atoms with E-state index >= 15 is 0 Å². The van der Waals surface area contributed by atoms with Crippen molar-refractivity contribution in [1.29, 1.82) is 0 Å². The Morgan fingerprint density at radius 1 is 1.03 bits per heavy atom. The normalized spacial score (nSPS) is 23.8. The minimum atomic E-state index is -5.21. The summed E-state index contributed by atoms with van der Waals surface area (Å²) in [5.74, 6) is -1.67. The number of nitrogens with zero attached hydrogens (tertiary/aromatic N) is 9. The number of aromatic nitrogens is 6. The number of rotatable bonds is 20. The van der Waals surface area contributed by atoms with Crippen LogP contribution in [0.4, 0.5) is 17.3 Å². The number of anilines is 2. The van der Waals surface area contributed by atoms with Crippen LogP contribution in [0, 0.1) is 0 Å². The van der Waals surface area contributed by atoms with Crippen molar-refractivity contribution in [3.63, 3.8) is 0 Å². The summed E-state index contributed by atoms with van der Waals surface area (Å²) >= 11 is 0. The Balaban J connectivity index is 1.10. The van der Waals surface area contributed by atoms with Gasteiger partial charge in [-0.05, 0) is 30.0 Å². The van der Waals surface area contributed by atoms with E-state index in [9.17, 15) is 43.3 Å². The largest absolute Gasteiger partial charge is 0.472 e. The molecule has 2 aliphatic heterocycles. The summed E-state index contributed by atoms with van der Waals surface area (Å²) < 4.78 is 64.9. The minimum absolute atomic E-state index is 0.00233. The average Bonchev–Trinajstić information content (AvgIpc) is 3.92. The Morgan fingerprint density at radius 2 is 1.79 bits per heavy atom.